The summed E-state index contributed by atoms with van der Waals surface area (Å²) in [6.45, 7) is 6.24. The first kappa shape index (κ1) is 26.4. The van der Waals surface area contributed by atoms with E-state index in [1.54, 1.807) is 0 Å². The molecule has 34 heavy (non-hydrogen) atoms. The molecule has 1 heterocycles. The Bertz CT molecular complexity index is 1420. The van der Waals surface area contributed by atoms with E-state index in [1.807, 2.05) is 24.3 Å². The number of nitrogens with zero attached hydrogens (tertiary/aromatic N) is 2. The second kappa shape index (κ2) is 12.5. The van der Waals surface area contributed by atoms with Crippen LogP contribution in [0.2, 0.25) is 0 Å². The van der Waals surface area contributed by atoms with E-state index >= 15 is 0 Å². The molecule has 5 rings (SSSR count). The second-order valence-corrected chi connectivity index (χ2v) is 12.1. The number of para-hydroxylation sites is 1. The summed E-state index contributed by atoms with van der Waals surface area (Å²) in [6.07, 6.45) is 0. The Kier molecular flexibility index (Phi) is 9.73. The summed E-state index contributed by atoms with van der Waals surface area (Å²) in [5, 5.41) is 6.89. The zero-order valence-electron chi connectivity index (χ0n) is 19.1. The molecule has 0 aromatic heterocycles. The van der Waals surface area contributed by atoms with Crippen molar-refractivity contribution in [3.05, 3.63) is 84.2 Å². The molecule has 172 valence electrons. The Balaban J connectivity index is 0.000000771. The zero-order chi connectivity index (χ0) is 23.2. The van der Waals surface area contributed by atoms with E-state index in [0.717, 1.165) is 63.1 Å². The molecule has 0 unspecified atom stereocenters. The van der Waals surface area contributed by atoms with Crippen LogP contribution in [0, 0.1) is 0 Å². The van der Waals surface area contributed by atoms with Crippen LogP contribution in [-0.2, 0) is 15.1 Å². The first-order valence-corrected chi connectivity index (χ1v) is 18.8. The van der Waals surface area contributed by atoms with Gasteiger partial charge in [-0.2, -0.15) is 0 Å². The topological polar surface area (TPSA) is 41.1 Å². The van der Waals surface area contributed by atoms with Crippen LogP contribution in [-0.4, -0.2) is 18.1 Å². The molecule has 3 aromatic carbocycles. The molecule has 0 bridgehead atoms. The van der Waals surface area contributed by atoms with Crippen molar-refractivity contribution in [1.82, 2.24) is 9.56 Å². The predicted octanol–water partition coefficient (Wildman–Crippen LogP) is 4.02. The van der Waals surface area contributed by atoms with Crippen LogP contribution in [0.5, 0.6) is 0 Å². The molecule has 0 radical (unpaired) electrons. The van der Waals surface area contributed by atoms with Gasteiger partial charge < -0.3 is 22.1 Å². The zero-order valence-corrected chi connectivity index (χ0v) is 24.3. The number of anilines is 2. The molecule has 8 heteroatoms. The Morgan fingerprint density at radius 1 is 0.882 bits per heavy atom. The summed E-state index contributed by atoms with van der Waals surface area (Å²) in [4.78, 5) is 4.97. The van der Waals surface area contributed by atoms with Gasteiger partial charge in [-0.15, -0.1) is 0 Å². The molecule has 0 spiro atoms. The molecule has 2 aliphatic rings. The van der Waals surface area contributed by atoms with E-state index in [9.17, 15) is 0 Å². The van der Waals surface area contributed by atoms with Crippen molar-refractivity contribution in [2.24, 2.45) is 0 Å². The Labute approximate surface area is 221 Å². The molecular weight excluding hydrogens is 542 g/mol. The monoisotopic (exact) mass is 563 g/mol. The third kappa shape index (κ3) is 5.72. The van der Waals surface area contributed by atoms with E-state index < -0.39 is 15.1 Å². The number of hydrogen-bond donors (Lipinski definition) is 1. The third-order valence-electron chi connectivity index (χ3n) is 5.56. The molecule has 4 nitrogen and oxygen atoms in total. The van der Waals surface area contributed by atoms with Gasteiger partial charge in [0.25, 0.3) is 0 Å². The first-order valence-electron chi connectivity index (χ1n) is 11.0. The summed E-state index contributed by atoms with van der Waals surface area (Å²) < 4.78 is 8.69. The van der Waals surface area contributed by atoms with E-state index in [1.165, 1.54) is 0 Å². The second-order valence-electron chi connectivity index (χ2n) is 7.45. The Morgan fingerprint density at radius 3 is 2.21 bits per heavy atom. The van der Waals surface area contributed by atoms with E-state index in [4.69, 9.17) is 28.8 Å². The van der Waals surface area contributed by atoms with Crippen molar-refractivity contribution in [3.63, 3.8) is 0 Å². The van der Waals surface area contributed by atoms with Crippen LogP contribution < -0.4 is 27.7 Å². The maximum absolute atomic E-state index is 6.38. The van der Waals surface area contributed by atoms with Gasteiger partial charge in [-0.1, -0.05) is 42.5 Å². The SMILES string of the molecule is CC[N+](CC)=c1ccc2nc3c(cc(Nc4ccccc4)c4ccccc43)oc-2c1.[Cl-].[Cl][Zn][Cl]. The molecule has 0 amide bonds. The molecule has 0 saturated heterocycles. The molecular formula is C26H24Cl3N3OZn. The van der Waals surface area contributed by atoms with E-state index in [2.05, 4.69) is 78.3 Å². The summed E-state index contributed by atoms with van der Waals surface area (Å²) >= 11 is -0.931. The van der Waals surface area contributed by atoms with Crippen LogP contribution in [0.4, 0.5) is 11.4 Å². The number of aromatic nitrogens is 1. The Morgan fingerprint density at radius 2 is 1.53 bits per heavy atom. The number of rotatable bonds is 4. The van der Waals surface area contributed by atoms with Crippen molar-refractivity contribution in [1.29, 1.82) is 0 Å². The van der Waals surface area contributed by atoms with Crippen molar-refractivity contribution < 1.29 is 32.0 Å². The van der Waals surface area contributed by atoms with Crippen LogP contribution in [0.15, 0.2) is 83.3 Å². The summed E-state index contributed by atoms with van der Waals surface area (Å²) in [5.41, 5.74) is 4.57. The number of fused-ring (bicyclic) bond motifs is 4. The minimum absolute atomic E-state index is 0. The van der Waals surface area contributed by atoms with Gasteiger partial charge >= 0.3 is 34.5 Å². The van der Waals surface area contributed by atoms with Crippen molar-refractivity contribution in [2.75, 3.05) is 18.4 Å². The van der Waals surface area contributed by atoms with Crippen LogP contribution in [0.3, 0.4) is 0 Å². The van der Waals surface area contributed by atoms with Gasteiger partial charge in [-0.05, 0) is 32.0 Å². The van der Waals surface area contributed by atoms with Crippen LogP contribution in [0.25, 0.3) is 33.3 Å². The van der Waals surface area contributed by atoms with Crippen LogP contribution >= 0.6 is 19.4 Å². The molecule has 1 N–H and O–H groups in total. The molecule has 0 atom stereocenters. The molecule has 0 saturated carbocycles. The fourth-order valence-electron chi connectivity index (χ4n) is 4.01. The normalized spacial score (nSPS) is 10.2. The quantitative estimate of drug-likeness (QED) is 0.155. The van der Waals surface area contributed by atoms with Gasteiger partial charge in [-0.3, -0.25) is 0 Å². The van der Waals surface area contributed by atoms with Gasteiger partial charge in [0.2, 0.25) is 5.36 Å². The van der Waals surface area contributed by atoms with Gasteiger partial charge in [0.15, 0.2) is 11.3 Å². The minimum atomic E-state index is -0.931. The Hall–Kier alpha value is -2.17. The standard InChI is InChI=1S/C26H23N3O.3ClH.Zn/c1-3-29(4-2)19-14-15-22-24(16-19)30-25-17-23(27-18-10-6-5-7-11-18)20-12-8-9-13-21(20)26(25)28-22;;;;/h5-17H,3-4H2,1-2H3;3*1H;/q;;;;+2/p-2. The number of hydrogen-bond acceptors (Lipinski definition) is 3. The maximum atomic E-state index is 6.38. The molecule has 0 fully saturated rings. The number of benzene rings is 4. The van der Waals surface area contributed by atoms with E-state index in [-0.39, 0.29) is 12.4 Å². The number of halogens is 3. The fraction of sp³-hybridized carbons (Fsp3) is 0.154. The first-order chi connectivity index (χ1) is 16.2. The number of nitrogens with one attached hydrogen (secondary N) is 1. The summed E-state index contributed by atoms with van der Waals surface area (Å²) in [7, 11) is 9.90. The van der Waals surface area contributed by atoms with Gasteiger partial charge in [0.05, 0.1) is 11.8 Å². The average molecular weight is 566 g/mol. The van der Waals surface area contributed by atoms with Crippen molar-refractivity contribution in [2.45, 2.75) is 13.8 Å². The van der Waals surface area contributed by atoms with Crippen LogP contribution in [0.1, 0.15) is 13.8 Å². The average Bonchev–Trinajstić information content (AvgIpc) is 2.85. The molecule has 1 aliphatic heterocycles. The van der Waals surface area contributed by atoms with Gasteiger partial charge in [-0.25, -0.2) is 9.56 Å². The van der Waals surface area contributed by atoms with Gasteiger partial charge in [0.1, 0.15) is 24.3 Å². The van der Waals surface area contributed by atoms with E-state index in [0.29, 0.717) is 0 Å². The third-order valence-corrected chi connectivity index (χ3v) is 5.56. The van der Waals surface area contributed by atoms with Crippen molar-refractivity contribution in [3.8, 4) is 11.5 Å². The summed E-state index contributed by atoms with van der Waals surface area (Å²) in [6, 6.07) is 26.8. The molecule has 1 aliphatic carbocycles. The fourth-order valence-corrected chi connectivity index (χ4v) is 4.01. The van der Waals surface area contributed by atoms with Gasteiger partial charge in [0, 0.05) is 28.6 Å². The molecule has 3 aromatic rings. The van der Waals surface area contributed by atoms with Crippen molar-refractivity contribution >= 4 is 52.6 Å². The predicted molar refractivity (Wildman–Crippen MR) is 136 cm³/mol. The summed E-state index contributed by atoms with van der Waals surface area (Å²) in [5.74, 6) is 0.799.